The SMILES string of the molecule is Cc1ccc(S(=O)(=O)O)cc1.Cc1n[n+](N)c(N)s1. The molecule has 1 heterocycles. The van der Waals surface area contributed by atoms with Crippen molar-refractivity contribution in [1.82, 2.24) is 5.10 Å². The van der Waals surface area contributed by atoms with Crippen molar-refractivity contribution in [3.63, 3.8) is 0 Å². The Hall–Kier alpha value is -1.71. The van der Waals surface area contributed by atoms with Crippen LogP contribution in [0.3, 0.4) is 0 Å². The number of nitrogens with two attached hydrogens (primary N) is 2. The van der Waals surface area contributed by atoms with Crippen LogP contribution in [0.15, 0.2) is 29.2 Å². The molecule has 0 saturated heterocycles. The quantitative estimate of drug-likeness (QED) is 0.395. The first-order chi connectivity index (χ1) is 8.70. The van der Waals surface area contributed by atoms with Crippen molar-refractivity contribution in [3.05, 3.63) is 34.8 Å². The van der Waals surface area contributed by atoms with Crippen LogP contribution >= 0.6 is 11.3 Å². The van der Waals surface area contributed by atoms with Gasteiger partial charge < -0.3 is 0 Å². The summed E-state index contributed by atoms with van der Waals surface area (Å²) >= 11 is 1.37. The zero-order chi connectivity index (χ0) is 14.6. The molecule has 1 aromatic heterocycles. The number of hydrogen-bond donors (Lipinski definition) is 3. The molecule has 1 aromatic carbocycles. The van der Waals surface area contributed by atoms with Gasteiger partial charge in [0.1, 0.15) is 5.01 Å². The molecule has 19 heavy (non-hydrogen) atoms. The fraction of sp³-hybridized carbons (Fsp3) is 0.200. The zero-order valence-electron chi connectivity index (χ0n) is 10.4. The summed E-state index contributed by atoms with van der Waals surface area (Å²) in [5.74, 6) is 5.23. The number of hydrogen-bond acceptors (Lipinski definition) is 6. The first-order valence-electron chi connectivity index (χ1n) is 5.14. The molecule has 2 rings (SSSR count). The number of nitrogens with zero attached hydrogens (tertiary/aromatic N) is 2. The molecule has 9 heteroatoms. The lowest BCUT2D eigenvalue weighted by molar-refractivity contribution is -0.681. The molecule has 0 radical (unpaired) electrons. The molecule has 5 N–H and O–H groups in total. The van der Waals surface area contributed by atoms with Crippen molar-refractivity contribution in [2.75, 3.05) is 11.6 Å². The van der Waals surface area contributed by atoms with Gasteiger partial charge in [-0.15, -0.1) is 0 Å². The third-order valence-electron chi connectivity index (χ3n) is 2.05. The van der Waals surface area contributed by atoms with Crippen LogP contribution in [-0.2, 0) is 10.1 Å². The van der Waals surface area contributed by atoms with Crippen LogP contribution in [0.1, 0.15) is 10.6 Å². The van der Waals surface area contributed by atoms with Crippen molar-refractivity contribution in [2.24, 2.45) is 0 Å². The van der Waals surface area contributed by atoms with Crippen molar-refractivity contribution < 1.29 is 17.8 Å². The Labute approximate surface area is 115 Å². The number of nitrogen functional groups attached to an aromatic ring is 2. The lowest BCUT2D eigenvalue weighted by Gasteiger charge is -1.95. The van der Waals surface area contributed by atoms with E-state index in [4.69, 9.17) is 16.1 Å². The zero-order valence-corrected chi connectivity index (χ0v) is 12.1. The second-order valence-electron chi connectivity index (χ2n) is 3.69. The first-order valence-corrected chi connectivity index (χ1v) is 7.40. The molecule has 0 atom stereocenters. The Kier molecular flexibility index (Phi) is 4.81. The second kappa shape index (κ2) is 5.95. The largest absolute Gasteiger partial charge is 0.378 e. The normalized spacial score (nSPS) is 10.7. The highest BCUT2D eigenvalue weighted by Gasteiger charge is 2.07. The van der Waals surface area contributed by atoms with Gasteiger partial charge in [0.15, 0.2) is 0 Å². The summed E-state index contributed by atoms with van der Waals surface area (Å²) in [6.45, 7) is 3.69. The van der Waals surface area contributed by atoms with Gasteiger partial charge in [-0.25, -0.2) is 5.84 Å². The number of aromatic nitrogens is 2. The minimum absolute atomic E-state index is 0.0666. The maximum atomic E-state index is 10.5. The summed E-state index contributed by atoms with van der Waals surface area (Å²) in [5.41, 5.74) is 6.29. The standard InChI is InChI=1S/C7H8O3S.C3H6N4S/c1-6-2-4-7(5-3-6)11(8,9)10;1-2-6-7(5)3(4)8-2/h2-5H,1H3,(H,8,9,10);4H,5H2,1H3/p+1. The minimum Gasteiger partial charge on any atom is -0.282 e. The molecule has 0 saturated carbocycles. The van der Waals surface area contributed by atoms with Gasteiger partial charge in [0.05, 0.1) is 4.90 Å². The van der Waals surface area contributed by atoms with Crippen LogP contribution < -0.4 is 16.4 Å². The Bertz CT molecular complexity index is 630. The van der Waals surface area contributed by atoms with Crippen LogP contribution in [0, 0.1) is 13.8 Å². The Morgan fingerprint density at radius 1 is 1.26 bits per heavy atom. The van der Waals surface area contributed by atoms with Crippen LogP contribution in [0.25, 0.3) is 0 Å². The summed E-state index contributed by atoms with van der Waals surface area (Å²) in [6, 6.07) is 5.99. The summed E-state index contributed by atoms with van der Waals surface area (Å²) < 4.78 is 29.6. The third kappa shape index (κ3) is 4.81. The third-order valence-corrected chi connectivity index (χ3v) is 3.69. The molecule has 2 aromatic rings. The van der Waals surface area contributed by atoms with E-state index < -0.39 is 10.1 Å². The van der Waals surface area contributed by atoms with Gasteiger partial charge >= 0.3 is 5.13 Å². The van der Waals surface area contributed by atoms with E-state index in [1.165, 1.54) is 28.3 Å². The smallest absolute Gasteiger partial charge is 0.282 e. The van der Waals surface area contributed by atoms with Gasteiger partial charge in [0, 0.05) is 0 Å². The van der Waals surface area contributed by atoms with Gasteiger partial charge in [0.2, 0.25) is 0 Å². The molecule has 0 bridgehead atoms. The highest BCUT2D eigenvalue weighted by Crippen LogP contribution is 2.08. The summed E-state index contributed by atoms with van der Waals surface area (Å²) in [7, 11) is -4.02. The molecular weight excluding hydrogens is 288 g/mol. The van der Waals surface area contributed by atoms with E-state index >= 15 is 0 Å². The van der Waals surface area contributed by atoms with E-state index in [1.807, 2.05) is 13.8 Å². The van der Waals surface area contributed by atoms with Crippen LogP contribution in [-0.4, -0.2) is 18.1 Å². The number of benzene rings is 1. The highest BCUT2D eigenvalue weighted by molar-refractivity contribution is 7.85. The predicted octanol–water partition coefficient (Wildman–Crippen LogP) is 0.277. The predicted molar refractivity (Wildman–Crippen MR) is 72.6 cm³/mol. The van der Waals surface area contributed by atoms with E-state index in [2.05, 4.69) is 5.10 Å². The molecule has 0 fully saturated rings. The summed E-state index contributed by atoms with van der Waals surface area (Å²) in [5, 5.41) is 5.21. The molecule has 0 unspecified atom stereocenters. The molecule has 0 aliphatic heterocycles. The van der Waals surface area contributed by atoms with Gasteiger partial charge in [-0.1, -0.05) is 22.8 Å². The number of rotatable bonds is 1. The maximum Gasteiger partial charge on any atom is 0.378 e. The molecule has 7 nitrogen and oxygen atoms in total. The Morgan fingerprint density at radius 3 is 2.05 bits per heavy atom. The molecule has 0 aliphatic rings. The van der Waals surface area contributed by atoms with Gasteiger partial charge in [-0.3, -0.25) is 10.3 Å². The van der Waals surface area contributed by atoms with Gasteiger partial charge in [0.25, 0.3) is 10.1 Å². The highest BCUT2D eigenvalue weighted by atomic mass is 32.2. The number of anilines is 1. The van der Waals surface area contributed by atoms with Crippen LogP contribution in [0.2, 0.25) is 0 Å². The summed E-state index contributed by atoms with van der Waals surface area (Å²) in [4.78, 5) is 1.10. The molecule has 0 amide bonds. The van der Waals surface area contributed by atoms with Crippen molar-refractivity contribution >= 4 is 26.6 Å². The molecule has 0 spiro atoms. The van der Waals surface area contributed by atoms with Crippen molar-refractivity contribution in [3.8, 4) is 0 Å². The van der Waals surface area contributed by atoms with E-state index in [0.717, 1.165) is 10.6 Å². The average molecular weight is 303 g/mol. The Balaban J connectivity index is 0.000000200. The van der Waals surface area contributed by atoms with Gasteiger partial charge in [-0.05, 0) is 42.1 Å². The fourth-order valence-electron chi connectivity index (χ4n) is 1.13. The summed E-state index contributed by atoms with van der Waals surface area (Å²) in [6.07, 6.45) is 0. The first kappa shape index (κ1) is 15.3. The fourth-order valence-corrected chi connectivity index (χ4v) is 2.18. The van der Waals surface area contributed by atoms with Crippen LogP contribution in [0.5, 0.6) is 0 Å². The monoisotopic (exact) mass is 303 g/mol. The van der Waals surface area contributed by atoms with Crippen molar-refractivity contribution in [1.29, 1.82) is 0 Å². The maximum absolute atomic E-state index is 10.5. The topological polar surface area (TPSA) is 123 Å². The second-order valence-corrected chi connectivity index (χ2v) is 6.33. The minimum atomic E-state index is -4.02. The van der Waals surface area contributed by atoms with E-state index in [-0.39, 0.29) is 4.90 Å². The number of aryl methyl sites for hydroxylation is 2. The lowest BCUT2D eigenvalue weighted by Crippen LogP contribution is -2.48. The van der Waals surface area contributed by atoms with Crippen LogP contribution in [0.4, 0.5) is 5.13 Å². The molecule has 0 aliphatic carbocycles. The lowest BCUT2D eigenvalue weighted by atomic mass is 10.2. The van der Waals surface area contributed by atoms with Gasteiger partial charge in [-0.2, -0.15) is 8.42 Å². The molecular formula is C10H15N4O3S2+. The molecule has 104 valence electrons. The van der Waals surface area contributed by atoms with E-state index in [1.54, 1.807) is 12.1 Å². The van der Waals surface area contributed by atoms with E-state index in [0.29, 0.717) is 5.13 Å². The van der Waals surface area contributed by atoms with E-state index in [9.17, 15) is 8.42 Å². The van der Waals surface area contributed by atoms with Crippen molar-refractivity contribution in [2.45, 2.75) is 18.7 Å². The average Bonchev–Trinajstić information content (AvgIpc) is 2.56. The Morgan fingerprint density at radius 2 is 1.79 bits per heavy atom.